The molecular weight excluding hydrogens is 258 g/mol. The Labute approximate surface area is 116 Å². The van der Waals surface area contributed by atoms with Gasteiger partial charge in [0.05, 0.1) is 0 Å². The third kappa shape index (κ3) is 3.07. The number of hydrogen-bond donors (Lipinski definition) is 4. The lowest BCUT2D eigenvalue weighted by atomic mass is 10.2. The van der Waals surface area contributed by atoms with Crippen LogP contribution < -0.4 is 15.8 Å². The molecule has 0 aliphatic carbocycles. The minimum Gasteiger partial charge on any atom is -0.504 e. The molecule has 2 rings (SSSR count). The fourth-order valence-electron chi connectivity index (χ4n) is 1.71. The Morgan fingerprint density at radius 2 is 2.20 bits per heavy atom. The van der Waals surface area contributed by atoms with E-state index in [0.717, 1.165) is 5.84 Å². The summed E-state index contributed by atoms with van der Waals surface area (Å²) in [5, 5.41) is 18.8. The first-order chi connectivity index (χ1) is 9.61. The lowest BCUT2D eigenvalue weighted by Gasteiger charge is -2.26. The minimum atomic E-state index is -0.171. The molecule has 4 N–H and O–H groups in total. The summed E-state index contributed by atoms with van der Waals surface area (Å²) < 4.78 is 0. The van der Waals surface area contributed by atoms with Crippen molar-refractivity contribution in [3.8, 4) is 11.5 Å². The van der Waals surface area contributed by atoms with Gasteiger partial charge in [0.1, 0.15) is 12.5 Å². The highest BCUT2D eigenvalue weighted by atomic mass is 16.3. The Morgan fingerprint density at radius 3 is 2.85 bits per heavy atom. The van der Waals surface area contributed by atoms with Gasteiger partial charge >= 0.3 is 0 Å². The van der Waals surface area contributed by atoms with Crippen molar-refractivity contribution in [1.29, 1.82) is 0 Å². The SMILES string of the molecule is C=CCNNC1=NCN(c2ccc(O)c(O)c2)C(C)=N1. The third-order valence-electron chi connectivity index (χ3n) is 2.74. The van der Waals surface area contributed by atoms with E-state index in [2.05, 4.69) is 27.4 Å². The number of hydrogen-bond acceptors (Lipinski definition) is 7. The van der Waals surface area contributed by atoms with Gasteiger partial charge in [-0.1, -0.05) is 6.08 Å². The Bertz CT molecular complexity index is 568. The average molecular weight is 275 g/mol. The van der Waals surface area contributed by atoms with E-state index in [9.17, 15) is 10.2 Å². The lowest BCUT2D eigenvalue weighted by molar-refractivity contribution is 0.404. The van der Waals surface area contributed by atoms with Gasteiger partial charge in [0.15, 0.2) is 11.5 Å². The van der Waals surface area contributed by atoms with Crippen molar-refractivity contribution in [3.05, 3.63) is 30.9 Å². The summed E-state index contributed by atoms with van der Waals surface area (Å²) in [4.78, 5) is 10.4. The number of phenolic OH excluding ortho intramolecular Hbond substituents is 2. The second-order valence-corrected chi connectivity index (χ2v) is 4.18. The number of nitrogens with zero attached hydrogens (tertiary/aromatic N) is 3. The van der Waals surface area contributed by atoms with Crippen LogP contribution in [0.4, 0.5) is 5.69 Å². The molecular formula is C13H17N5O2. The molecule has 0 atom stereocenters. The van der Waals surface area contributed by atoms with Gasteiger partial charge in [-0.25, -0.2) is 10.4 Å². The molecule has 0 radical (unpaired) electrons. The molecule has 1 aromatic carbocycles. The summed E-state index contributed by atoms with van der Waals surface area (Å²) in [5.41, 5.74) is 6.48. The van der Waals surface area contributed by atoms with Gasteiger partial charge in [-0.15, -0.1) is 6.58 Å². The van der Waals surface area contributed by atoms with E-state index in [1.54, 1.807) is 12.1 Å². The Balaban J connectivity index is 2.08. The van der Waals surface area contributed by atoms with E-state index in [1.165, 1.54) is 12.1 Å². The number of hydrazine groups is 1. The molecule has 0 fully saturated rings. The average Bonchev–Trinajstić information content (AvgIpc) is 2.43. The molecule has 106 valence electrons. The van der Waals surface area contributed by atoms with Crippen LogP contribution in [0, 0.1) is 0 Å². The van der Waals surface area contributed by atoms with Crippen molar-refractivity contribution in [2.45, 2.75) is 6.92 Å². The molecule has 0 amide bonds. The normalized spacial score (nSPS) is 14.6. The largest absolute Gasteiger partial charge is 0.504 e. The van der Waals surface area contributed by atoms with Gasteiger partial charge in [-0.2, -0.15) is 4.99 Å². The number of nitrogens with one attached hydrogen (secondary N) is 2. The maximum atomic E-state index is 9.53. The van der Waals surface area contributed by atoms with Gasteiger partial charge < -0.3 is 15.1 Å². The van der Waals surface area contributed by atoms with E-state index < -0.39 is 0 Å². The maximum absolute atomic E-state index is 9.53. The van der Waals surface area contributed by atoms with E-state index in [0.29, 0.717) is 24.9 Å². The summed E-state index contributed by atoms with van der Waals surface area (Å²) in [5.74, 6) is 0.896. The molecule has 1 aliphatic heterocycles. The molecule has 0 spiro atoms. The molecule has 0 aromatic heterocycles. The van der Waals surface area contributed by atoms with E-state index >= 15 is 0 Å². The highest BCUT2D eigenvalue weighted by molar-refractivity contribution is 6.05. The van der Waals surface area contributed by atoms with Crippen LogP contribution in [0.3, 0.4) is 0 Å². The van der Waals surface area contributed by atoms with Gasteiger partial charge in [-0.05, 0) is 19.1 Å². The van der Waals surface area contributed by atoms with Crippen LogP contribution in [0.5, 0.6) is 11.5 Å². The first-order valence-electron chi connectivity index (χ1n) is 6.11. The smallest absolute Gasteiger partial charge is 0.236 e. The summed E-state index contributed by atoms with van der Waals surface area (Å²) in [6.07, 6.45) is 1.72. The fraction of sp³-hybridized carbons (Fsp3) is 0.231. The van der Waals surface area contributed by atoms with Crippen LogP contribution in [0.1, 0.15) is 6.92 Å². The number of aromatic hydroxyl groups is 2. The molecule has 20 heavy (non-hydrogen) atoms. The highest BCUT2D eigenvalue weighted by Gasteiger charge is 2.16. The number of guanidine groups is 1. The van der Waals surface area contributed by atoms with Crippen molar-refractivity contribution >= 4 is 17.5 Å². The molecule has 1 aromatic rings. The molecule has 0 unspecified atom stereocenters. The van der Waals surface area contributed by atoms with E-state index in [-0.39, 0.29) is 11.5 Å². The Kier molecular flexibility index (Phi) is 4.21. The zero-order valence-corrected chi connectivity index (χ0v) is 11.2. The topological polar surface area (TPSA) is 92.5 Å². The van der Waals surface area contributed by atoms with Crippen molar-refractivity contribution in [2.75, 3.05) is 18.1 Å². The number of rotatable bonds is 4. The van der Waals surface area contributed by atoms with Gasteiger partial charge in [0.2, 0.25) is 5.96 Å². The maximum Gasteiger partial charge on any atom is 0.236 e. The molecule has 0 saturated carbocycles. The van der Waals surface area contributed by atoms with Crippen LogP contribution in [0.25, 0.3) is 0 Å². The zero-order valence-electron chi connectivity index (χ0n) is 11.2. The molecule has 7 nitrogen and oxygen atoms in total. The predicted octanol–water partition coefficient (Wildman–Crippen LogP) is 0.930. The Morgan fingerprint density at radius 1 is 1.40 bits per heavy atom. The minimum absolute atomic E-state index is 0.153. The first-order valence-corrected chi connectivity index (χ1v) is 6.11. The molecule has 7 heteroatoms. The number of amidine groups is 1. The van der Waals surface area contributed by atoms with Gasteiger partial charge in [-0.3, -0.25) is 5.43 Å². The fourth-order valence-corrected chi connectivity index (χ4v) is 1.71. The lowest BCUT2D eigenvalue weighted by Crippen LogP contribution is -2.42. The summed E-state index contributed by atoms with van der Waals surface area (Å²) in [6.45, 7) is 6.41. The third-order valence-corrected chi connectivity index (χ3v) is 2.74. The molecule has 0 saturated heterocycles. The highest BCUT2D eigenvalue weighted by Crippen LogP contribution is 2.30. The van der Waals surface area contributed by atoms with Crippen LogP contribution >= 0.6 is 0 Å². The van der Waals surface area contributed by atoms with Crippen LogP contribution in [-0.4, -0.2) is 35.2 Å². The van der Waals surface area contributed by atoms with Crippen LogP contribution in [-0.2, 0) is 0 Å². The van der Waals surface area contributed by atoms with Crippen molar-refractivity contribution in [1.82, 2.24) is 10.9 Å². The number of aliphatic imine (C=N–C) groups is 2. The summed E-state index contributed by atoms with van der Waals surface area (Å²) in [6, 6.07) is 4.59. The number of phenols is 2. The Hall–Kier alpha value is -2.54. The van der Waals surface area contributed by atoms with Crippen LogP contribution in [0.15, 0.2) is 40.8 Å². The van der Waals surface area contributed by atoms with Crippen molar-refractivity contribution in [3.63, 3.8) is 0 Å². The van der Waals surface area contributed by atoms with Gasteiger partial charge in [0, 0.05) is 18.3 Å². The quantitative estimate of drug-likeness (QED) is 0.284. The second-order valence-electron chi connectivity index (χ2n) is 4.18. The standard InChI is InChI=1S/C13H17N5O2/c1-3-6-15-17-13-14-8-18(9(2)16-13)10-4-5-11(19)12(20)7-10/h3-5,7,15,19-20H,1,6,8H2,2H3,(H,14,17). The second kappa shape index (κ2) is 6.07. The van der Waals surface area contributed by atoms with E-state index in [1.807, 2.05) is 11.8 Å². The monoisotopic (exact) mass is 275 g/mol. The van der Waals surface area contributed by atoms with Crippen molar-refractivity contribution in [2.24, 2.45) is 9.98 Å². The van der Waals surface area contributed by atoms with E-state index in [4.69, 9.17) is 0 Å². The molecule has 1 aliphatic rings. The summed E-state index contributed by atoms with van der Waals surface area (Å²) >= 11 is 0. The predicted molar refractivity (Wildman–Crippen MR) is 79.0 cm³/mol. The van der Waals surface area contributed by atoms with Gasteiger partial charge in [0.25, 0.3) is 0 Å². The number of anilines is 1. The van der Waals surface area contributed by atoms with Crippen molar-refractivity contribution < 1.29 is 10.2 Å². The molecule has 1 heterocycles. The zero-order chi connectivity index (χ0) is 14.5. The summed E-state index contributed by atoms with van der Waals surface area (Å²) in [7, 11) is 0. The first kappa shape index (κ1) is 13.9. The molecule has 0 bridgehead atoms. The van der Waals surface area contributed by atoms with Crippen LogP contribution in [0.2, 0.25) is 0 Å². The number of benzene rings is 1.